The van der Waals surface area contributed by atoms with Crippen LogP contribution in [-0.4, -0.2) is 23.8 Å². The predicted octanol–water partition coefficient (Wildman–Crippen LogP) is 3.26. The molecule has 4 heterocycles. The van der Waals surface area contributed by atoms with E-state index in [0.717, 1.165) is 12.8 Å². The lowest BCUT2D eigenvalue weighted by molar-refractivity contribution is -0.570. The van der Waals surface area contributed by atoms with Crippen molar-refractivity contribution in [2.45, 2.75) is 77.2 Å². The third-order valence-electron chi connectivity index (χ3n) is 6.49. The van der Waals surface area contributed by atoms with E-state index in [4.69, 9.17) is 19.2 Å². The Morgan fingerprint density at radius 3 is 2.55 bits per heavy atom. The van der Waals surface area contributed by atoms with Gasteiger partial charge in [-0.1, -0.05) is 13.8 Å². The van der Waals surface area contributed by atoms with Crippen LogP contribution in [0.1, 0.15) is 53.4 Å². The van der Waals surface area contributed by atoms with E-state index in [-0.39, 0.29) is 18.0 Å². The van der Waals surface area contributed by atoms with E-state index in [1.165, 1.54) is 12.8 Å². The molecule has 4 saturated heterocycles. The van der Waals surface area contributed by atoms with Gasteiger partial charge in [0.1, 0.15) is 0 Å². The highest BCUT2D eigenvalue weighted by atomic mass is 17.3. The Kier molecular flexibility index (Phi) is 2.83. The molecule has 4 heteroatoms. The van der Waals surface area contributed by atoms with E-state index in [1.807, 2.05) is 6.92 Å². The average Bonchev–Trinajstić information content (AvgIpc) is 2.63. The second kappa shape index (κ2) is 4.19. The molecule has 2 bridgehead atoms. The summed E-state index contributed by atoms with van der Waals surface area (Å²) in [5.41, 5.74) is -0.389. The Morgan fingerprint density at radius 2 is 1.75 bits per heavy atom. The fourth-order valence-corrected chi connectivity index (χ4v) is 5.08. The van der Waals surface area contributed by atoms with Crippen LogP contribution in [0, 0.1) is 23.7 Å². The molecule has 8 atom stereocenters. The van der Waals surface area contributed by atoms with Crippen LogP contribution in [0.25, 0.3) is 0 Å². The Bertz CT molecular complexity index is 409. The molecule has 0 aromatic carbocycles. The van der Waals surface area contributed by atoms with E-state index in [0.29, 0.717) is 23.7 Å². The number of rotatable bonds is 0. The maximum absolute atomic E-state index is 6.23. The molecule has 114 valence electrons. The van der Waals surface area contributed by atoms with E-state index < -0.39 is 5.79 Å². The molecule has 1 aliphatic carbocycles. The van der Waals surface area contributed by atoms with Gasteiger partial charge in [-0.2, -0.15) is 0 Å². The summed E-state index contributed by atoms with van der Waals surface area (Å²) in [4.78, 5) is 11.8. The molecule has 5 rings (SSSR count). The minimum Gasteiger partial charge on any atom is -0.346 e. The van der Waals surface area contributed by atoms with E-state index in [2.05, 4.69) is 20.8 Å². The Labute approximate surface area is 121 Å². The standard InChI is InChI=1S/C16H26O4/c1-9-5-6-13-10(2)11(3)17-14-16(13)12(9)7-8-15(4,18-14)19-20-16/h9-14H,5-8H2,1-4H3/t9-,10+,11?,12+,13+,14-,15?,16-/m1/s1. The molecule has 4 nitrogen and oxygen atoms in total. The molecule has 0 aromatic rings. The van der Waals surface area contributed by atoms with Gasteiger partial charge in [-0.25, -0.2) is 9.78 Å². The van der Waals surface area contributed by atoms with Gasteiger partial charge < -0.3 is 9.47 Å². The molecule has 2 unspecified atom stereocenters. The monoisotopic (exact) mass is 282 g/mol. The molecule has 0 amide bonds. The van der Waals surface area contributed by atoms with Crippen LogP contribution in [0.2, 0.25) is 0 Å². The smallest absolute Gasteiger partial charge is 0.201 e. The number of hydrogen-bond acceptors (Lipinski definition) is 4. The quantitative estimate of drug-likeness (QED) is 0.639. The molecule has 0 aromatic heterocycles. The highest BCUT2D eigenvalue weighted by molar-refractivity contribution is 5.09. The van der Waals surface area contributed by atoms with E-state index >= 15 is 0 Å². The van der Waals surface area contributed by atoms with Crippen LogP contribution >= 0.6 is 0 Å². The first-order chi connectivity index (χ1) is 9.46. The van der Waals surface area contributed by atoms with Crippen LogP contribution < -0.4 is 0 Å². The summed E-state index contributed by atoms with van der Waals surface area (Å²) < 4.78 is 12.5. The van der Waals surface area contributed by atoms with E-state index in [9.17, 15) is 0 Å². The van der Waals surface area contributed by atoms with Crippen molar-refractivity contribution in [3.8, 4) is 0 Å². The van der Waals surface area contributed by atoms with Crippen molar-refractivity contribution in [2.75, 3.05) is 0 Å². The van der Waals surface area contributed by atoms with Gasteiger partial charge in [0.15, 0.2) is 11.9 Å². The fraction of sp³-hybridized carbons (Fsp3) is 1.00. The Hall–Kier alpha value is -0.160. The molecule has 4 aliphatic heterocycles. The minimum atomic E-state index is -0.641. The maximum Gasteiger partial charge on any atom is 0.201 e. The molecular weight excluding hydrogens is 256 g/mol. The van der Waals surface area contributed by atoms with Gasteiger partial charge in [-0.15, -0.1) is 0 Å². The largest absolute Gasteiger partial charge is 0.346 e. The summed E-state index contributed by atoms with van der Waals surface area (Å²) >= 11 is 0. The highest BCUT2D eigenvalue weighted by Crippen LogP contribution is 2.60. The second-order valence-corrected chi connectivity index (χ2v) is 7.61. The summed E-state index contributed by atoms with van der Waals surface area (Å²) in [6.07, 6.45) is 4.41. The van der Waals surface area contributed by atoms with Gasteiger partial charge in [0.25, 0.3) is 0 Å². The summed E-state index contributed by atoms with van der Waals surface area (Å²) in [7, 11) is 0. The summed E-state index contributed by atoms with van der Waals surface area (Å²) in [5, 5.41) is 0. The molecule has 1 spiro atoms. The number of hydrogen-bond donors (Lipinski definition) is 0. The first kappa shape index (κ1) is 13.5. The van der Waals surface area contributed by atoms with Crippen molar-refractivity contribution in [3.63, 3.8) is 0 Å². The zero-order valence-electron chi connectivity index (χ0n) is 12.9. The normalized spacial score (nSPS) is 61.8. The first-order valence-corrected chi connectivity index (χ1v) is 8.16. The third kappa shape index (κ3) is 1.57. The molecule has 0 N–H and O–H groups in total. The van der Waals surface area contributed by atoms with Gasteiger partial charge in [0, 0.05) is 12.3 Å². The Morgan fingerprint density at radius 1 is 0.950 bits per heavy atom. The lowest BCUT2D eigenvalue weighted by Crippen LogP contribution is -2.70. The molecule has 0 radical (unpaired) electrons. The first-order valence-electron chi connectivity index (χ1n) is 8.16. The summed E-state index contributed by atoms with van der Waals surface area (Å²) in [6.45, 7) is 8.77. The average molecular weight is 282 g/mol. The molecule has 5 fully saturated rings. The number of fused-ring (bicyclic) bond motifs is 2. The van der Waals surface area contributed by atoms with Gasteiger partial charge in [0.2, 0.25) is 5.79 Å². The molecule has 20 heavy (non-hydrogen) atoms. The number of ether oxygens (including phenoxy) is 2. The van der Waals surface area contributed by atoms with Crippen LogP contribution in [0.15, 0.2) is 0 Å². The zero-order chi connectivity index (χ0) is 14.1. The van der Waals surface area contributed by atoms with Crippen molar-refractivity contribution < 1.29 is 19.2 Å². The summed E-state index contributed by atoms with van der Waals surface area (Å²) in [6, 6.07) is 0. The van der Waals surface area contributed by atoms with Crippen LogP contribution in [0.5, 0.6) is 0 Å². The van der Waals surface area contributed by atoms with Crippen LogP contribution in [-0.2, 0) is 19.2 Å². The van der Waals surface area contributed by atoms with Gasteiger partial charge >= 0.3 is 0 Å². The van der Waals surface area contributed by atoms with Crippen molar-refractivity contribution >= 4 is 0 Å². The molecule has 1 saturated carbocycles. The Balaban J connectivity index is 1.82. The van der Waals surface area contributed by atoms with Crippen molar-refractivity contribution in [1.29, 1.82) is 0 Å². The molecular formula is C16H26O4. The van der Waals surface area contributed by atoms with Crippen LogP contribution in [0.3, 0.4) is 0 Å². The third-order valence-corrected chi connectivity index (χ3v) is 6.49. The lowest BCUT2D eigenvalue weighted by atomic mass is 9.57. The van der Waals surface area contributed by atoms with Crippen molar-refractivity contribution in [3.05, 3.63) is 0 Å². The maximum atomic E-state index is 6.23. The van der Waals surface area contributed by atoms with Gasteiger partial charge in [-0.05, 0) is 50.9 Å². The summed E-state index contributed by atoms with van der Waals surface area (Å²) in [5.74, 6) is 1.44. The van der Waals surface area contributed by atoms with Crippen LogP contribution in [0.4, 0.5) is 0 Å². The van der Waals surface area contributed by atoms with Gasteiger partial charge in [-0.3, -0.25) is 0 Å². The fourth-order valence-electron chi connectivity index (χ4n) is 5.08. The minimum absolute atomic E-state index is 0.219. The zero-order valence-corrected chi connectivity index (χ0v) is 12.9. The lowest BCUT2D eigenvalue weighted by Gasteiger charge is -2.60. The predicted molar refractivity (Wildman–Crippen MR) is 72.5 cm³/mol. The topological polar surface area (TPSA) is 36.9 Å². The van der Waals surface area contributed by atoms with E-state index in [1.54, 1.807) is 0 Å². The second-order valence-electron chi connectivity index (χ2n) is 7.61. The highest BCUT2D eigenvalue weighted by Gasteiger charge is 2.68. The van der Waals surface area contributed by atoms with Gasteiger partial charge in [0.05, 0.1) is 6.10 Å². The SMILES string of the molecule is CC1O[C@@H]2OC3(C)CC[C@H]4[C@H](C)CC[C@@H]([C@H]1C)[C@@]24OO3. The van der Waals surface area contributed by atoms with Crippen molar-refractivity contribution in [2.24, 2.45) is 23.7 Å². The molecule has 5 aliphatic rings. The van der Waals surface area contributed by atoms with Crippen molar-refractivity contribution in [1.82, 2.24) is 0 Å².